The SMILES string of the molecule is CCn1nc(C)c2nc(SCC(=O)N3CCCCC3C)n(Cc3cccs3)c(=O)c21. The minimum atomic E-state index is -0.0999. The zero-order valence-electron chi connectivity index (χ0n) is 17.6. The van der Waals surface area contributed by atoms with Crippen molar-refractivity contribution in [3.05, 3.63) is 38.4 Å². The van der Waals surface area contributed by atoms with E-state index in [4.69, 9.17) is 4.98 Å². The fourth-order valence-corrected chi connectivity index (χ4v) is 5.57. The number of rotatable bonds is 6. The fraction of sp³-hybridized carbons (Fsp3) is 0.524. The number of likely N-dealkylation sites (tertiary alicyclic amines) is 1. The third kappa shape index (κ3) is 4.05. The molecule has 1 fully saturated rings. The van der Waals surface area contributed by atoms with Gasteiger partial charge < -0.3 is 4.90 Å². The van der Waals surface area contributed by atoms with Crippen molar-refractivity contribution in [2.75, 3.05) is 12.3 Å². The molecule has 0 N–H and O–H groups in total. The Balaban J connectivity index is 1.69. The van der Waals surface area contributed by atoms with Gasteiger partial charge >= 0.3 is 0 Å². The van der Waals surface area contributed by atoms with Crippen molar-refractivity contribution in [1.82, 2.24) is 24.2 Å². The smallest absolute Gasteiger partial charge is 0.280 e. The molecular weight excluding hydrogens is 418 g/mol. The van der Waals surface area contributed by atoms with Crippen molar-refractivity contribution >= 4 is 40.0 Å². The van der Waals surface area contributed by atoms with E-state index in [0.717, 1.165) is 30.0 Å². The first-order valence-corrected chi connectivity index (χ1v) is 12.3. The summed E-state index contributed by atoms with van der Waals surface area (Å²) in [5, 5.41) is 7.07. The maximum atomic E-state index is 13.4. The summed E-state index contributed by atoms with van der Waals surface area (Å²) < 4.78 is 3.42. The molecule has 7 nitrogen and oxygen atoms in total. The van der Waals surface area contributed by atoms with E-state index in [-0.39, 0.29) is 23.3 Å². The lowest BCUT2D eigenvalue weighted by atomic mass is 10.0. The van der Waals surface area contributed by atoms with Crippen LogP contribution in [0.5, 0.6) is 0 Å². The lowest BCUT2D eigenvalue weighted by Gasteiger charge is -2.33. The number of aryl methyl sites for hydroxylation is 2. The van der Waals surface area contributed by atoms with E-state index < -0.39 is 0 Å². The zero-order chi connectivity index (χ0) is 21.3. The Hall–Kier alpha value is -2.13. The van der Waals surface area contributed by atoms with Crippen molar-refractivity contribution in [3.63, 3.8) is 0 Å². The minimum Gasteiger partial charge on any atom is -0.339 e. The highest BCUT2D eigenvalue weighted by atomic mass is 32.2. The molecule has 1 saturated heterocycles. The van der Waals surface area contributed by atoms with Crippen molar-refractivity contribution in [2.24, 2.45) is 0 Å². The van der Waals surface area contributed by atoms with Gasteiger partial charge in [0.25, 0.3) is 5.56 Å². The molecule has 1 atom stereocenters. The normalized spacial score (nSPS) is 17.0. The molecule has 1 aliphatic rings. The number of nitrogens with zero attached hydrogens (tertiary/aromatic N) is 5. The van der Waals surface area contributed by atoms with E-state index in [1.54, 1.807) is 20.6 Å². The van der Waals surface area contributed by atoms with Crippen LogP contribution in [-0.2, 0) is 17.9 Å². The molecule has 3 aromatic rings. The topological polar surface area (TPSA) is 73.0 Å². The molecule has 3 aromatic heterocycles. The van der Waals surface area contributed by atoms with E-state index in [1.165, 1.54) is 18.2 Å². The minimum absolute atomic E-state index is 0.0999. The molecule has 1 amide bonds. The van der Waals surface area contributed by atoms with E-state index in [2.05, 4.69) is 12.0 Å². The van der Waals surface area contributed by atoms with Crippen LogP contribution in [0.4, 0.5) is 0 Å². The van der Waals surface area contributed by atoms with Crippen LogP contribution in [0.1, 0.15) is 43.7 Å². The lowest BCUT2D eigenvalue weighted by molar-refractivity contribution is -0.131. The molecule has 1 unspecified atom stereocenters. The first-order chi connectivity index (χ1) is 14.5. The summed E-state index contributed by atoms with van der Waals surface area (Å²) in [5.41, 5.74) is 1.81. The molecule has 0 bridgehead atoms. The first-order valence-electron chi connectivity index (χ1n) is 10.4. The molecule has 0 aromatic carbocycles. The van der Waals surface area contributed by atoms with Crippen LogP contribution in [0, 0.1) is 6.92 Å². The van der Waals surface area contributed by atoms with Crippen molar-refractivity contribution in [3.8, 4) is 0 Å². The molecule has 1 aliphatic heterocycles. The first kappa shape index (κ1) is 21.1. The van der Waals surface area contributed by atoms with Gasteiger partial charge in [-0.05, 0) is 51.5 Å². The molecule has 9 heteroatoms. The summed E-state index contributed by atoms with van der Waals surface area (Å²) >= 11 is 2.96. The highest BCUT2D eigenvalue weighted by Crippen LogP contribution is 2.24. The van der Waals surface area contributed by atoms with E-state index >= 15 is 0 Å². The van der Waals surface area contributed by atoms with Gasteiger partial charge in [0.05, 0.1) is 18.0 Å². The molecule has 0 spiro atoms. The molecule has 0 aliphatic carbocycles. The highest BCUT2D eigenvalue weighted by Gasteiger charge is 2.24. The highest BCUT2D eigenvalue weighted by molar-refractivity contribution is 7.99. The van der Waals surface area contributed by atoms with Gasteiger partial charge in [-0.1, -0.05) is 17.8 Å². The lowest BCUT2D eigenvalue weighted by Crippen LogP contribution is -2.43. The van der Waals surface area contributed by atoms with Gasteiger partial charge in [0.2, 0.25) is 5.91 Å². The zero-order valence-corrected chi connectivity index (χ0v) is 19.3. The monoisotopic (exact) mass is 445 g/mol. The number of hydrogen-bond acceptors (Lipinski definition) is 6. The van der Waals surface area contributed by atoms with Crippen molar-refractivity contribution in [2.45, 2.75) is 64.3 Å². The second-order valence-corrected chi connectivity index (χ2v) is 9.66. The summed E-state index contributed by atoms with van der Waals surface area (Å²) in [6, 6.07) is 4.27. The van der Waals surface area contributed by atoms with Crippen LogP contribution in [-0.4, -0.2) is 48.5 Å². The summed E-state index contributed by atoms with van der Waals surface area (Å²) in [6.07, 6.45) is 3.29. The summed E-state index contributed by atoms with van der Waals surface area (Å²) in [4.78, 5) is 34.1. The second kappa shape index (κ2) is 8.93. The molecule has 160 valence electrons. The average Bonchev–Trinajstić information content (AvgIpc) is 3.36. The second-order valence-electron chi connectivity index (χ2n) is 7.68. The maximum Gasteiger partial charge on any atom is 0.280 e. The van der Waals surface area contributed by atoms with Crippen LogP contribution >= 0.6 is 23.1 Å². The summed E-state index contributed by atoms with van der Waals surface area (Å²) in [5.74, 6) is 0.401. The Morgan fingerprint density at radius 1 is 1.37 bits per heavy atom. The Morgan fingerprint density at radius 3 is 2.90 bits per heavy atom. The standard InChI is InChI=1S/C21H27N5O2S2/c1-4-26-19-18(15(3)23-26)22-21(25(20(19)28)12-16-9-7-11-29-16)30-13-17(27)24-10-6-5-8-14(24)2/h7,9,11,14H,4-6,8,10,12-13H2,1-3H3. The van der Waals surface area contributed by atoms with E-state index in [0.29, 0.717) is 29.3 Å². The van der Waals surface area contributed by atoms with Crippen molar-refractivity contribution < 1.29 is 4.79 Å². The number of amides is 1. The third-order valence-corrected chi connectivity index (χ3v) is 7.45. The predicted octanol–water partition coefficient (Wildman–Crippen LogP) is 3.52. The fourth-order valence-electron chi connectivity index (χ4n) is 4.00. The number of piperidine rings is 1. The molecule has 4 heterocycles. The Morgan fingerprint density at radius 2 is 2.20 bits per heavy atom. The number of carbonyl (C=O) groups is 1. The summed E-state index contributed by atoms with van der Waals surface area (Å²) in [6.45, 7) is 7.83. The average molecular weight is 446 g/mol. The Bertz CT molecular complexity index is 1100. The maximum absolute atomic E-state index is 13.4. The van der Waals surface area contributed by atoms with E-state index in [1.807, 2.05) is 36.3 Å². The predicted molar refractivity (Wildman–Crippen MR) is 121 cm³/mol. The number of carbonyl (C=O) groups excluding carboxylic acids is 1. The van der Waals surface area contributed by atoms with Gasteiger partial charge in [-0.3, -0.25) is 18.8 Å². The van der Waals surface area contributed by atoms with Gasteiger partial charge in [-0.25, -0.2) is 4.98 Å². The van der Waals surface area contributed by atoms with Crippen LogP contribution < -0.4 is 5.56 Å². The van der Waals surface area contributed by atoms with Gasteiger partial charge in [0.1, 0.15) is 5.52 Å². The van der Waals surface area contributed by atoms with Gasteiger partial charge in [-0.15, -0.1) is 11.3 Å². The van der Waals surface area contributed by atoms with Crippen LogP contribution in [0.15, 0.2) is 27.5 Å². The quantitative estimate of drug-likeness (QED) is 0.429. The largest absolute Gasteiger partial charge is 0.339 e. The summed E-state index contributed by atoms with van der Waals surface area (Å²) in [7, 11) is 0. The van der Waals surface area contributed by atoms with Crippen LogP contribution in [0.3, 0.4) is 0 Å². The van der Waals surface area contributed by atoms with E-state index in [9.17, 15) is 9.59 Å². The molecule has 0 radical (unpaired) electrons. The molecule has 30 heavy (non-hydrogen) atoms. The molecule has 0 saturated carbocycles. The number of thioether (sulfide) groups is 1. The van der Waals surface area contributed by atoms with Gasteiger partial charge in [0.15, 0.2) is 10.7 Å². The van der Waals surface area contributed by atoms with Gasteiger partial charge in [0, 0.05) is 24.0 Å². The number of thiophene rings is 1. The number of hydrogen-bond donors (Lipinski definition) is 0. The number of fused-ring (bicyclic) bond motifs is 1. The van der Waals surface area contributed by atoms with Crippen molar-refractivity contribution in [1.29, 1.82) is 0 Å². The van der Waals surface area contributed by atoms with Crippen LogP contribution in [0.2, 0.25) is 0 Å². The third-order valence-electron chi connectivity index (χ3n) is 5.62. The molecule has 4 rings (SSSR count). The van der Waals surface area contributed by atoms with Gasteiger partial charge in [-0.2, -0.15) is 5.10 Å². The van der Waals surface area contributed by atoms with Crippen LogP contribution in [0.25, 0.3) is 11.0 Å². The Labute approximate surface area is 184 Å². The molecular formula is C21H27N5O2S2. The Kier molecular flexibility index (Phi) is 6.29. The number of aromatic nitrogens is 4.